The van der Waals surface area contributed by atoms with E-state index in [9.17, 15) is 0 Å². The van der Waals surface area contributed by atoms with Gasteiger partial charge in [0.05, 0.1) is 0 Å². The number of fused-ring (bicyclic) bond motifs is 1. The number of ether oxygens (including phenoxy) is 2. The van der Waals surface area contributed by atoms with E-state index in [2.05, 4.69) is 10.6 Å². The van der Waals surface area contributed by atoms with Gasteiger partial charge in [-0.2, -0.15) is 0 Å². The Balaban J connectivity index is 1.67. The van der Waals surface area contributed by atoms with E-state index in [1.165, 1.54) is 12.8 Å². The molecular weight excluding hydrogens is 236 g/mol. The monoisotopic (exact) mass is 250 g/mol. The Labute approximate surface area is 105 Å². The highest BCUT2D eigenvalue weighted by atomic mass is 32.1. The third-order valence-electron chi connectivity index (χ3n) is 2.71. The van der Waals surface area contributed by atoms with E-state index in [0.717, 1.165) is 17.2 Å². The van der Waals surface area contributed by atoms with Crippen LogP contribution in [-0.2, 0) is 0 Å². The first-order valence-corrected chi connectivity index (χ1v) is 6.19. The summed E-state index contributed by atoms with van der Waals surface area (Å²) in [5.41, 5.74) is 0.924. The van der Waals surface area contributed by atoms with Crippen LogP contribution in [0.3, 0.4) is 0 Å². The highest BCUT2D eigenvalue weighted by Gasteiger charge is 2.21. The molecule has 0 unspecified atom stereocenters. The van der Waals surface area contributed by atoms with Crippen LogP contribution in [0.2, 0.25) is 0 Å². The van der Waals surface area contributed by atoms with Crippen molar-refractivity contribution >= 4 is 23.0 Å². The summed E-state index contributed by atoms with van der Waals surface area (Å²) in [4.78, 5) is 0. The molecule has 4 nitrogen and oxygen atoms in total. The maximum Gasteiger partial charge on any atom is 0.170 e. The summed E-state index contributed by atoms with van der Waals surface area (Å²) in [6, 6.07) is 6.31. The summed E-state index contributed by atoms with van der Waals surface area (Å²) in [6.45, 7) is 1.21. The minimum absolute atomic E-state index is 0.562. The molecule has 5 heteroatoms. The summed E-state index contributed by atoms with van der Waals surface area (Å²) in [6.07, 6.45) is 2.42. The van der Waals surface area contributed by atoms with E-state index in [0.29, 0.717) is 24.4 Å². The van der Waals surface area contributed by atoms with Crippen molar-refractivity contribution in [3.05, 3.63) is 18.2 Å². The summed E-state index contributed by atoms with van der Waals surface area (Å²) in [5.74, 6) is 1.57. The molecule has 1 saturated carbocycles. The first-order valence-electron chi connectivity index (χ1n) is 5.78. The van der Waals surface area contributed by atoms with Crippen molar-refractivity contribution in [1.82, 2.24) is 5.32 Å². The normalized spacial score (nSPS) is 17.4. The highest BCUT2D eigenvalue weighted by Crippen LogP contribution is 2.32. The molecule has 1 aliphatic heterocycles. The van der Waals surface area contributed by atoms with Crippen molar-refractivity contribution in [1.29, 1.82) is 0 Å². The number of nitrogens with one attached hydrogen (secondary N) is 2. The predicted molar refractivity (Wildman–Crippen MR) is 69.8 cm³/mol. The van der Waals surface area contributed by atoms with Crippen LogP contribution in [0.1, 0.15) is 12.8 Å². The lowest BCUT2D eigenvalue weighted by molar-refractivity contribution is 0.171. The van der Waals surface area contributed by atoms with E-state index in [1.807, 2.05) is 18.2 Å². The van der Waals surface area contributed by atoms with Gasteiger partial charge in [0.1, 0.15) is 13.2 Å². The van der Waals surface area contributed by atoms with Gasteiger partial charge in [-0.3, -0.25) is 0 Å². The maximum atomic E-state index is 5.51. The van der Waals surface area contributed by atoms with E-state index in [4.69, 9.17) is 21.7 Å². The van der Waals surface area contributed by atoms with Gasteiger partial charge < -0.3 is 20.1 Å². The molecule has 2 N–H and O–H groups in total. The molecule has 0 aromatic heterocycles. The van der Waals surface area contributed by atoms with Crippen molar-refractivity contribution in [2.24, 2.45) is 0 Å². The predicted octanol–water partition coefficient (Wildman–Crippen LogP) is 1.91. The first kappa shape index (κ1) is 10.7. The summed E-state index contributed by atoms with van der Waals surface area (Å²) >= 11 is 5.21. The number of anilines is 1. The fourth-order valence-corrected chi connectivity index (χ4v) is 1.99. The number of thiocarbonyl (C=S) groups is 1. The fourth-order valence-electron chi connectivity index (χ4n) is 1.70. The van der Waals surface area contributed by atoms with Crippen LogP contribution in [-0.4, -0.2) is 24.4 Å². The van der Waals surface area contributed by atoms with Gasteiger partial charge >= 0.3 is 0 Å². The largest absolute Gasteiger partial charge is 0.486 e. The van der Waals surface area contributed by atoms with Crippen molar-refractivity contribution in [3.8, 4) is 11.5 Å². The van der Waals surface area contributed by atoms with Gasteiger partial charge in [0.2, 0.25) is 0 Å². The molecule has 0 amide bonds. The standard InChI is InChI=1S/C12H14N2O2S/c17-12(13-8-1-2-8)14-9-3-4-10-11(7-9)16-6-5-15-10/h3-4,7-8H,1-2,5-6H2,(H2,13,14,17). The quantitative estimate of drug-likeness (QED) is 0.785. The van der Waals surface area contributed by atoms with Crippen molar-refractivity contribution in [3.63, 3.8) is 0 Å². The van der Waals surface area contributed by atoms with Gasteiger partial charge in [-0.25, -0.2) is 0 Å². The Hall–Kier alpha value is -1.49. The lowest BCUT2D eigenvalue weighted by Crippen LogP contribution is -2.30. The van der Waals surface area contributed by atoms with E-state index >= 15 is 0 Å². The second-order valence-electron chi connectivity index (χ2n) is 4.23. The molecule has 1 fully saturated rings. The molecule has 0 spiro atoms. The number of hydrogen-bond donors (Lipinski definition) is 2. The van der Waals surface area contributed by atoms with Gasteiger partial charge in [0.15, 0.2) is 16.6 Å². The van der Waals surface area contributed by atoms with E-state index < -0.39 is 0 Å². The molecule has 1 aromatic rings. The smallest absolute Gasteiger partial charge is 0.170 e. The zero-order valence-electron chi connectivity index (χ0n) is 9.36. The topological polar surface area (TPSA) is 42.5 Å². The Morgan fingerprint density at radius 2 is 1.94 bits per heavy atom. The summed E-state index contributed by atoms with van der Waals surface area (Å²) in [7, 11) is 0. The first-order chi connectivity index (χ1) is 8.31. The van der Waals surface area contributed by atoms with Gasteiger partial charge in [0, 0.05) is 17.8 Å². The zero-order chi connectivity index (χ0) is 11.7. The molecule has 1 heterocycles. The van der Waals surface area contributed by atoms with Gasteiger partial charge in [0.25, 0.3) is 0 Å². The number of hydrogen-bond acceptors (Lipinski definition) is 3. The molecular formula is C12H14N2O2S. The average molecular weight is 250 g/mol. The molecule has 90 valence electrons. The molecule has 0 bridgehead atoms. The van der Waals surface area contributed by atoms with Crippen LogP contribution in [0.15, 0.2) is 18.2 Å². The lowest BCUT2D eigenvalue weighted by Gasteiger charge is -2.19. The van der Waals surface area contributed by atoms with Crippen molar-refractivity contribution < 1.29 is 9.47 Å². The summed E-state index contributed by atoms with van der Waals surface area (Å²) < 4.78 is 11.0. The number of benzene rings is 1. The minimum Gasteiger partial charge on any atom is -0.486 e. The lowest BCUT2D eigenvalue weighted by atomic mass is 10.2. The van der Waals surface area contributed by atoms with Crippen LogP contribution in [0.25, 0.3) is 0 Å². The molecule has 2 aliphatic rings. The van der Waals surface area contributed by atoms with Crippen molar-refractivity contribution in [2.45, 2.75) is 18.9 Å². The van der Waals surface area contributed by atoms with Crippen LogP contribution in [0.5, 0.6) is 11.5 Å². The number of rotatable bonds is 2. The van der Waals surface area contributed by atoms with Crippen molar-refractivity contribution in [2.75, 3.05) is 18.5 Å². The minimum atomic E-state index is 0.562. The van der Waals surface area contributed by atoms with Crippen LogP contribution in [0.4, 0.5) is 5.69 Å². The second-order valence-corrected chi connectivity index (χ2v) is 4.64. The average Bonchev–Trinajstić information content (AvgIpc) is 3.12. The molecule has 0 saturated heterocycles. The second kappa shape index (κ2) is 4.41. The van der Waals surface area contributed by atoms with Crippen LogP contribution >= 0.6 is 12.2 Å². The van der Waals surface area contributed by atoms with Crippen LogP contribution < -0.4 is 20.1 Å². The Bertz CT molecular complexity index is 446. The van der Waals surface area contributed by atoms with Gasteiger partial charge in [-0.1, -0.05) is 0 Å². The fraction of sp³-hybridized carbons (Fsp3) is 0.417. The van der Waals surface area contributed by atoms with E-state index in [-0.39, 0.29) is 0 Å². The zero-order valence-corrected chi connectivity index (χ0v) is 10.2. The molecule has 0 radical (unpaired) electrons. The highest BCUT2D eigenvalue weighted by molar-refractivity contribution is 7.80. The van der Waals surface area contributed by atoms with Gasteiger partial charge in [-0.05, 0) is 37.2 Å². The Kier molecular flexibility index (Phi) is 2.76. The molecule has 1 aromatic carbocycles. The maximum absolute atomic E-state index is 5.51. The van der Waals surface area contributed by atoms with Crippen LogP contribution in [0, 0.1) is 0 Å². The van der Waals surface area contributed by atoms with Gasteiger partial charge in [-0.15, -0.1) is 0 Å². The Morgan fingerprint density at radius 3 is 2.71 bits per heavy atom. The molecule has 0 atom stereocenters. The molecule has 1 aliphatic carbocycles. The molecule has 17 heavy (non-hydrogen) atoms. The Morgan fingerprint density at radius 1 is 1.18 bits per heavy atom. The summed E-state index contributed by atoms with van der Waals surface area (Å²) in [5, 5.41) is 7.05. The van der Waals surface area contributed by atoms with E-state index in [1.54, 1.807) is 0 Å². The SMILES string of the molecule is S=C(Nc1ccc2c(c1)OCCO2)NC1CC1. The third-order valence-corrected chi connectivity index (χ3v) is 2.93. The molecule has 3 rings (SSSR count). The third kappa shape index (κ3) is 2.61.